The first kappa shape index (κ1) is 19.3. The lowest BCUT2D eigenvalue weighted by molar-refractivity contribution is -0.385. The SMILES string of the molecule is Cc1cc(N2CCN(C(=O)c3ccc(Br)cc3)C(C)C2)c(F)cc1[N+](=O)[O-]. The van der Waals surface area contributed by atoms with Crippen LogP contribution in [-0.4, -0.2) is 41.4 Å². The fourth-order valence-electron chi connectivity index (χ4n) is 3.33. The molecule has 1 amide bonds. The van der Waals surface area contributed by atoms with Crippen LogP contribution in [0.5, 0.6) is 0 Å². The van der Waals surface area contributed by atoms with Crippen molar-refractivity contribution >= 4 is 33.2 Å². The molecule has 8 heteroatoms. The lowest BCUT2D eigenvalue weighted by atomic mass is 10.1. The zero-order valence-electron chi connectivity index (χ0n) is 15.0. The van der Waals surface area contributed by atoms with Gasteiger partial charge in [0.05, 0.1) is 16.7 Å². The Kier molecular flexibility index (Phi) is 5.46. The van der Waals surface area contributed by atoms with E-state index in [2.05, 4.69) is 15.9 Å². The van der Waals surface area contributed by atoms with Gasteiger partial charge in [-0.25, -0.2) is 4.39 Å². The van der Waals surface area contributed by atoms with Crippen LogP contribution in [0.3, 0.4) is 0 Å². The number of anilines is 1. The van der Waals surface area contributed by atoms with Crippen LogP contribution in [0.15, 0.2) is 40.9 Å². The molecule has 0 aromatic heterocycles. The molecule has 1 saturated heterocycles. The molecule has 1 aliphatic heterocycles. The summed E-state index contributed by atoms with van der Waals surface area (Å²) in [5.41, 5.74) is 1.13. The number of carbonyl (C=O) groups excluding carboxylic acids is 1. The van der Waals surface area contributed by atoms with Crippen molar-refractivity contribution in [3.63, 3.8) is 0 Å². The van der Waals surface area contributed by atoms with E-state index in [4.69, 9.17) is 0 Å². The second-order valence-electron chi connectivity index (χ2n) is 6.65. The van der Waals surface area contributed by atoms with Gasteiger partial charge in [-0.2, -0.15) is 0 Å². The number of piperazine rings is 1. The van der Waals surface area contributed by atoms with E-state index in [1.165, 1.54) is 6.07 Å². The monoisotopic (exact) mass is 435 g/mol. The summed E-state index contributed by atoms with van der Waals surface area (Å²) in [6.07, 6.45) is 0. The molecule has 0 saturated carbocycles. The quantitative estimate of drug-likeness (QED) is 0.536. The van der Waals surface area contributed by atoms with Crippen LogP contribution in [0.4, 0.5) is 15.8 Å². The summed E-state index contributed by atoms with van der Waals surface area (Å²) in [7, 11) is 0. The van der Waals surface area contributed by atoms with Crippen molar-refractivity contribution in [1.29, 1.82) is 0 Å². The van der Waals surface area contributed by atoms with Crippen LogP contribution < -0.4 is 4.90 Å². The van der Waals surface area contributed by atoms with Gasteiger partial charge < -0.3 is 9.80 Å². The minimum absolute atomic E-state index is 0.0602. The molecular weight excluding hydrogens is 417 g/mol. The Morgan fingerprint density at radius 1 is 1.26 bits per heavy atom. The number of carbonyl (C=O) groups is 1. The maximum absolute atomic E-state index is 14.4. The van der Waals surface area contributed by atoms with Crippen molar-refractivity contribution in [2.24, 2.45) is 0 Å². The first-order chi connectivity index (χ1) is 12.8. The molecule has 0 spiro atoms. The van der Waals surface area contributed by atoms with Gasteiger partial charge in [-0.1, -0.05) is 15.9 Å². The standard InChI is InChI=1S/C19H19BrFN3O3/c1-12-9-18(16(21)10-17(12)24(26)27)22-7-8-23(13(2)11-22)19(25)14-3-5-15(20)6-4-14/h3-6,9-10,13H,7-8,11H2,1-2H3. The first-order valence-corrected chi connectivity index (χ1v) is 9.33. The maximum Gasteiger partial charge on any atom is 0.275 e. The molecule has 1 atom stereocenters. The number of nitro benzene ring substituents is 1. The molecule has 0 radical (unpaired) electrons. The van der Waals surface area contributed by atoms with Gasteiger partial charge in [-0.05, 0) is 44.2 Å². The summed E-state index contributed by atoms with van der Waals surface area (Å²) in [6.45, 7) is 4.87. The summed E-state index contributed by atoms with van der Waals surface area (Å²) < 4.78 is 15.3. The average Bonchev–Trinajstić information content (AvgIpc) is 2.63. The minimum Gasteiger partial charge on any atom is -0.365 e. The summed E-state index contributed by atoms with van der Waals surface area (Å²) in [4.78, 5) is 26.7. The number of nitrogens with zero attached hydrogens (tertiary/aromatic N) is 3. The number of halogens is 2. The lowest BCUT2D eigenvalue weighted by Crippen LogP contribution is -2.54. The Balaban J connectivity index is 1.77. The molecule has 3 rings (SSSR count). The number of hydrogen-bond acceptors (Lipinski definition) is 4. The smallest absolute Gasteiger partial charge is 0.275 e. The first-order valence-electron chi connectivity index (χ1n) is 8.54. The van der Waals surface area contributed by atoms with Gasteiger partial charge in [0.1, 0.15) is 0 Å². The fourth-order valence-corrected chi connectivity index (χ4v) is 3.60. The van der Waals surface area contributed by atoms with E-state index < -0.39 is 10.7 Å². The van der Waals surface area contributed by atoms with Crippen LogP contribution in [0.1, 0.15) is 22.8 Å². The molecule has 27 heavy (non-hydrogen) atoms. The molecule has 0 bridgehead atoms. The highest BCUT2D eigenvalue weighted by Gasteiger charge is 2.30. The van der Waals surface area contributed by atoms with Crippen molar-refractivity contribution < 1.29 is 14.1 Å². The van der Waals surface area contributed by atoms with Gasteiger partial charge in [0.2, 0.25) is 0 Å². The second-order valence-corrected chi connectivity index (χ2v) is 7.56. The van der Waals surface area contributed by atoms with Crippen molar-refractivity contribution in [3.05, 3.63) is 67.9 Å². The average molecular weight is 436 g/mol. The van der Waals surface area contributed by atoms with Crippen molar-refractivity contribution in [3.8, 4) is 0 Å². The third-order valence-electron chi connectivity index (χ3n) is 4.78. The Morgan fingerprint density at radius 2 is 1.93 bits per heavy atom. The number of aryl methyl sites for hydroxylation is 1. The molecule has 6 nitrogen and oxygen atoms in total. The van der Waals surface area contributed by atoms with Gasteiger partial charge in [0.15, 0.2) is 5.82 Å². The second kappa shape index (κ2) is 7.64. The van der Waals surface area contributed by atoms with Gasteiger partial charge >= 0.3 is 0 Å². The molecule has 1 heterocycles. The maximum atomic E-state index is 14.4. The van der Waals surface area contributed by atoms with Gasteiger partial charge in [0, 0.05) is 41.3 Å². The zero-order valence-corrected chi connectivity index (χ0v) is 16.6. The van der Waals surface area contributed by atoms with Crippen molar-refractivity contribution in [2.45, 2.75) is 19.9 Å². The van der Waals surface area contributed by atoms with Crippen molar-refractivity contribution in [2.75, 3.05) is 24.5 Å². The highest BCUT2D eigenvalue weighted by Crippen LogP contribution is 2.30. The summed E-state index contributed by atoms with van der Waals surface area (Å²) in [5.74, 6) is -0.679. The van der Waals surface area contributed by atoms with E-state index in [9.17, 15) is 19.3 Å². The number of nitro groups is 1. The van der Waals surface area contributed by atoms with Crippen LogP contribution in [0.25, 0.3) is 0 Å². The molecule has 0 N–H and O–H groups in total. The Hall–Kier alpha value is -2.48. The number of amides is 1. The topological polar surface area (TPSA) is 66.7 Å². The third kappa shape index (κ3) is 3.95. The molecule has 2 aromatic rings. The number of hydrogen-bond donors (Lipinski definition) is 0. The molecule has 1 unspecified atom stereocenters. The van der Waals surface area contributed by atoms with E-state index in [-0.39, 0.29) is 17.6 Å². The predicted molar refractivity (Wildman–Crippen MR) is 105 cm³/mol. The third-order valence-corrected chi connectivity index (χ3v) is 5.31. The Labute approximate surface area is 164 Å². The van der Waals surface area contributed by atoms with Crippen LogP contribution >= 0.6 is 15.9 Å². The minimum atomic E-state index is -0.618. The molecule has 1 fully saturated rings. The van der Waals surface area contributed by atoms with Crippen LogP contribution in [0.2, 0.25) is 0 Å². The lowest BCUT2D eigenvalue weighted by Gasteiger charge is -2.41. The zero-order chi connectivity index (χ0) is 19.7. The Morgan fingerprint density at radius 3 is 2.52 bits per heavy atom. The fraction of sp³-hybridized carbons (Fsp3) is 0.316. The van der Waals surface area contributed by atoms with E-state index in [0.717, 1.165) is 10.5 Å². The highest BCUT2D eigenvalue weighted by molar-refractivity contribution is 9.10. The van der Waals surface area contributed by atoms with Gasteiger partial charge in [-0.3, -0.25) is 14.9 Å². The number of rotatable bonds is 3. The predicted octanol–water partition coefficient (Wildman–Crippen LogP) is 4.16. The molecule has 1 aliphatic rings. The molecule has 142 valence electrons. The largest absolute Gasteiger partial charge is 0.365 e. The van der Waals surface area contributed by atoms with Crippen molar-refractivity contribution in [1.82, 2.24) is 4.90 Å². The van der Waals surface area contributed by atoms with E-state index >= 15 is 0 Å². The summed E-state index contributed by atoms with van der Waals surface area (Å²) >= 11 is 3.35. The summed E-state index contributed by atoms with van der Waals surface area (Å²) in [5, 5.41) is 11.0. The van der Waals surface area contributed by atoms with E-state index in [1.54, 1.807) is 24.0 Å². The highest BCUT2D eigenvalue weighted by atomic mass is 79.9. The normalized spacial score (nSPS) is 17.1. The number of benzene rings is 2. The van der Waals surface area contributed by atoms with Gasteiger partial charge in [0.25, 0.3) is 11.6 Å². The van der Waals surface area contributed by atoms with Gasteiger partial charge in [-0.15, -0.1) is 0 Å². The Bertz CT molecular complexity index is 889. The van der Waals surface area contributed by atoms with Crippen LogP contribution in [-0.2, 0) is 0 Å². The van der Waals surface area contributed by atoms with E-state index in [1.807, 2.05) is 24.0 Å². The van der Waals surface area contributed by atoms with Crippen LogP contribution in [0, 0.1) is 22.9 Å². The molecular formula is C19H19BrFN3O3. The molecule has 2 aromatic carbocycles. The molecule has 0 aliphatic carbocycles. The summed E-state index contributed by atoms with van der Waals surface area (Å²) in [6, 6.07) is 9.54. The van der Waals surface area contributed by atoms with E-state index in [0.29, 0.717) is 36.4 Å².